The molecule has 0 atom stereocenters. The van der Waals surface area contributed by atoms with Crippen molar-refractivity contribution in [2.75, 3.05) is 13.3 Å². The van der Waals surface area contributed by atoms with Gasteiger partial charge in [0.2, 0.25) is 6.79 Å². The summed E-state index contributed by atoms with van der Waals surface area (Å²) in [6.07, 6.45) is 2.75. The fraction of sp³-hybridized carbons (Fsp3) is 0.200. The molecule has 2 amide bonds. The van der Waals surface area contributed by atoms with Crippen LogP contribution >= 0.6 is 11.8 Å². The van der Waals surface area contributed by atoms with Crippen molar-refractivity contribution in [3.63, 3.8) is 0 Å². The fourth-order valence-electron chi connectivity index (χ4n) is 3.14. The van der Waals surface area contributed by atoms with Gasteiger partial charge in [0.25, 0.3) is 16.8 Å². The Labute approximate surface area is 170 Å². The Morgan fingerprint density at radius 1 is 1.14 bits per heavy atom. The number of ether oxygens (including phenoxy) is 2. The van der Waals surface area contributed by atoms with Gasteiger partial charge in [-0.3, -0.25) is 24.6 Å². The molecule has 0 spiro atoms. The largest absolute Gasteiger partial charge is 0.454 e. The molecule has 2 aliphatic rings. The number of nitro benzene ring substituents is 1. The maximum atomic E-state index is 12.7. The molecule has 8 nitrogen and oxygen atoms in total. The molecule has 0 radical (unpaired) electrons. The highest BCUT2D eigenvalue weighted by Gasteiger charge is 2.35. The normalized spacial score (nSPS) is 16.7. The van der Waals surface area contributed by atoms with E-state index in [0.717, 1.165) is 23.7 Å². The zero-order valence-electron chi connectivity index (χ0n) is 15.2. The van der Waals surface area contributed by atoms with E-state index in [4.69, 9.17) is 9.47 Å². The Morgan fingerprint density at radius 2 is 1.86 bits per heavy atom. The maximum Gasteiger partial charge on any atom is 0.293 e. The van der Waals surface area contributed by atoms with Gasteiger partial charge in [-0.1, -0.05) is 30.3 Å². The Balaban J connectivity index is 1.51. The Hall–Kier alpha value is -3.33. The number of benzene rings is 2. The van der Waals surface area contributed by atoms with Crippen LogP contribution in [0.3, 0.4) is 0 Å². The predicted molar refractivity (Wildman–Crippen MR) is 107 cm³/mol. The average molecular weight is 412 g/mol. The summed E-state index contributed by atoms with van der Waals surface area (Å²) in [6.45, 7) is 0.272. The third-order valence-electron chi connectivity index (χ3n) is 4.57. The van der Waals surface area contributed by atoms with Gasteiger partial charge in [0.05, 0.1) is 21.5 Å². The molecule has 2 aliphatic heterocycles. The minimum atomic E-state index is -0.558. The Bertz CT molecular complexity index is 1020. The van der Waals surface area contributed by atoms with Crippen molar-refractivity contribution in [1.29, 1.82) is 0 Å². The van der Waals surface area contributed by atoms with Gasteiger partial charge in [0.15, 0.2) is 11.5 Å². The van der Waals surface area contributed by atoms with Crippen molar-refractivity contribution < 1.29 is 24.0 Å². The van der Waals surface area contributed by atoms with Crippen LogP contribution < -0.4 is 9.47 Å². The average Bonchev–Trinajstić information content (AvgIpc) is 3.27. The number of nitro groups is 1. The van der Waals surface area contributed by atoms with Crippen LogP contribution in [0.15, 0.2) is 47.4 Å². The maximum absolute atomic E-state index is 12.7. The van der Waals surface area contributed by atoms with Crippen molar-refractivity contribution in [2.24, 2.45) is 0 Å². The van der Waals surface area contributed by atoms with Crippen LogP contribution in [0.5, 0.6) is 11.5 Å². The van der Waals surface area contributed by atoms with Crippen LogP contribution in [-0.2, 0) is 11.2 Å². The highest BCUT2D eigenvalue weighted by molar-refractivity contribution is 8.18. The first kappa shape index (κ1) is 19.0. The first-order valence-electron chi connectivity index (χ1n) is 8.90. The first-order chi connectivity index (χ1) is 14.0. The Kier molecular flexibility index (Phi) is 5.22. The molecule has 0 bridgehead atoms. The molecule has 2 heterocycles. The van der Waals surface area contributed by atoms with Crippen LogP contribution in [0.4, 0.5) is 10.5 Å². The lowest BCUT2D eigenvalue weighted by molar-refractivity contribution is -0.385. The van der Waals surface area contributed by atoms with Gasteiger partial charge < -0.3 is 9.47 Å². The number of hydrogen-bond acceptors (Lipinski definition) is 7. The van der Waals surface area contributed by atoms with E-state index in [2.05, 4.69) is 0 Å². The van der Waals surface area contributed by atoms with Crippen molar-refractivity contribution >= 4 is 34.7 Å². The number of carbonyl (C=O) groups is 2. The zero-order valence-corrected chi connectivity index (χ0v) is 16.0. The second-order valence-electron chi connectivity index (χ2n) is 6.44. The van der Waals surface area contributed by atoms with E-state index in [1.54, 1.807) is 0 Å². The summed E-state index contributed by atoms with van der Waals surface area (Å²) >= 11 is 0.780. The minimum Gasteiger partial charge on any atom is -0.454 e. The molecular weight excluding hydrogens is 396 g/mol. The second kappa shape index (κ2) is 7.96. The number of aryl methyl sites for hydroxylation is 1. The van der Waals surface area contributed by atoms with Gasteiger partial charge in [0.1, 0.15) is 0 Å². The lowest BCUT2D eigenvalue weighted by atomic mass is 10.1. The molecule has 29 heavy (non-hydrogen) atoms. The van der Waals surface area contributed by atoms with E-state index < -0.39 is 10.8 Å². The first-order valence-corrected chi connectivity index (χ1v) is 9.72. The summed E-state index contributed by atoms with van der Waals surface area (Å²) in [7, 11) is 0. The summed E-state index contributed by atoms with van der Waals surface area (Å²) in [6, 6.07) is 12.5. The molecular formula is C20H16N2O6S. The van der Waals surface area contributed by atoms with Gasteiger partial charge >= 0.3 is 0 Å². The number of carbonyl (C=O) groups excluding carboxylic acids is 2. The van der Waals surface area contributed by atoms with Crippen molar-refractivity contribution in [2.45, 2.75) is 12.8 Å². The third kappa shape index (κ3) is 3.95. The van der Waals surface area contributed by atoms with Gasteiger partial charge in [-0.2, -0.15) is 0 Å². The van der Waals surface area contributed by atoms with E-state index in [9.17, 15) is 19.7 Å². The van der Waals surface area contributed by atoms with Crippen LogP contribution in [-0.4, -0.2) is 34.3 Å². The zero-order chi connectivity index (χ0) is 20.4. The predicted octanol–water partition coefficient (Wildman–Crippen LogP) is 3.99. The number of nitrogens with zero attached hydrogens (tertiary/aromatic N) is 2. The lowest BCUT2D eigenvalue weighted by Gasteiger charge is -2.12. The standard InChI is InChI=1S/C20H16N2O6S/c23-19-18(10-14-9-16-17(28-12-27-16)11-15(14)22(25)26)29-20(24)21(19)8-4-7-13-5-2-1-3-6-13/h1-3,5-6,9-11H,4,7-8,12H2/b18-10-. The molecule has 2 aromatic rings. The number of thioether (sulfide) groups is 1. The quantitative estimate of drug-likeness (QED) is 0.402. The number of imide groups is 1. The van der Waals surface area contributed by atoms with Crippen LogP contribution in [0.2, 0.25) is 0 Å². The summed E-state index contributed by atoms with van der Waals surface area (Å²) in [5, 5.41) is 11.0. The van der Waals surface area contributed by atoms with E-state index in [-0.39, 0.29) is 33.9 Å². The molecule has 1 saturated heterocycles. The number of hydrogen-bond donors (Lipinski definition) is 0. The minimum absolute atomic E-state index is 0.0200. The number of fused-ring (bicyclic) bond motifs is 1. The van der Waals surface area contributed by atoms with E-state index in [1.807, 2.05) is 30.3 Å². The van der Waals surface area contributed by atoms with Crippen LogP contribution in [0.1, 0.15) is 17.5 Å². The van der Waals surface area contributed by atoms with Gasteiger partial charge in [-0.05, 0) is 42.3 Å². The number of rotatable bonds is 6. The van der Waals surface area contributed by atoms with Gasteiger partial charge in [-0.25, -0.2) is 0 Å². The van der Waals surface area contributed by atoms with Crippen molar-refractivity contribution in [3.8, 4) is 11.5 Å². The third-order valence-corrected chi connectivity index (χ3v) is 5.48. The molecule has 2 aromatic carbocycles. The molecule has 0 aromatic heterocycles. The molecule has 9 heteroatoms. The fourth-order valence-corrected chi connectivity index (χ4v) is 4.00. The highest BCUT2D eigenvalue weighted by atomic mass is 32.2. The molecule has 0 saturated carbocycles. The molecule has 0 N–H and O–H groups in total. The van der Waals surface area contributed by atoms with Gasteiger partial charge in [-0.15, -0.1) is 0 Å². The summed E-state index contributed by atoms with van der Waals surface area (Å²) < 4.78 is 10.4. The second-order valence-corrected chi connectivity index (χ2v) is 7.44. The van der Waals surface area contributed by atoms with E-state index >= 15 is 0 Å². The highest BCUT2D eigenvalue weighted by Crippen LogP contribution is 2.40. The van der Waals surface area contributed by atoms with Crippen LogP contribution in [0.25, 0.3) is 6.08 Å². The van der Waals surface area contributed by atoms with Crippen molar-refractivity contribution in [1.82, 2.24) is 4.90 Å². The topological polar surface area (TPSA) is 99.0 Å². The van der Waals surface area contributed by atoms with E-state index in [0.29, 0.717) is 18.7 Å². The molecule has 0 unspecified atom stereocenters. The molecule has 4 rings (SSSR count). The summed E-state index contributed by atoms with van der Waals surface area (Å²) in [4.78, 5) is 37.1. The van der Waals surface area contributed by atoms with Crippen molar-refractivity contribution in [3.05, 3.63) is 68.6 Å². The van der Waals surface area contributed by atoms with E-state index in [1.165, 1.54) is 23.1 Å². The smallest absolute Gasteiger partial charge is 0.293 e. The van der Waals surface area contributed by atoms with Gasteiger partial charge in [0, 0.05) is 6.54 Å². The number of amides is 2. The SMILES string of the molecule is O=C1S/C(=C\c2cc3c(cc2[N+](=O)[O-])OCO3)C(=O)N1CCCc1ccccc1. The molecule has 0 aliphatic carbocycles. The van der Waals surface area contributed by atoms with Crippen LogP contribution in [0, 0.1) is 10.1 Å². The lowest BCUT2D eigenvalue weighted by Crippen LogP contribution is -2.29. The summed E-state index contributed by atoms with van der Waals surface area (Å²) in [5.74, 6) is 0.201. The Morgan fingerprint density at radius 3 is 2.59 bits per heavy atom. The summed E-state index contributed by atoms with van der Waals surface area (Å²) in [5.41, 5.74) is 1.10. The molecule has 1 fully saturated rings. The monoisotopic (exact) mass is 412 g/mol. The molecule has 148 valence electrons.